The summed E-state index contributed by atoms with van der Waals surface area (Å²) in [5.41, 5.74) is 4.66. The van der Waals surface area contributed by atoms with E-state index in [2.05, 4.69) is 33.6 Å². The molecule has 0 saturated carbocycles. The fourth-order valence-corrected chi connectivity index (χ4v) is 4.87. The first kappa shape index (κ1) is 19.6. The van der Waals surface area contributed by atoms with Gasteiger partial charge in [0.1, 0.15) is 17.3 Å². The van der Waals surface area contributed by atoms with Gasteiger partial charge in [-0.3, -0.25) is 9.48 Å². The summed E-state index contributed by atoms with van der Waals surface area (Å²) < 4.78 is 29.6. The van der Waals surface area contributed by atoms with Gasteiger partial charge in [0, 0.05) is 18.8 Å². The number of carbonyl (C=O) groups is 1. The second-order valence-corrected chi connectivity index (χ2v) is 8.47. The lowest BCUT2D eigenvalue weighted by atomic mass is 9.99. The van der Waals surface area contributed by atoms with Crippen LogP contribution in [-0.4, -0.2) is 20.7 Å². The monoisotopic (exact) mass is 436 g/mol. The minimum absolute atomic E-state index is 0.187. The van der Waals surface area contributed by atoms with Gasteiger partial charge in [-0.1, -0.05) is 18.2 Å². The number of carbonyl (C=O) groups excluding carboxylic acids is 1. The number of halogens is 2. The van der Waals surface area contributed by atoms with Crippen LogP contribution in [0, 0.1) is 11.6 Å². The van der Waals surface area contributed by atoms with E-state index >= 15 is 0 Å². The van der Waals surface area contributed by atoms with Gasteiger partial charge < -0.3 is 5.32 Å². The van der Waals surface area contributed by atoms with Crippen molar-refractivity contribution in [2.45, 2.75) is 19.3 Å². The summed E-state index contributed by atoms with van der Waals surface area (Å²) in [7, 11) is 1.87. The van der Waals surface area contributed by atoms with E-state index in [9.17, 15) is 13.6 Å². The Labute approximate surface area is 181 Å². The van der Waals surface area contributed by atoms with Gasteiger partial charge in [-0.15, -0.1) is 11.3 Å². The minimum atomic E-state index is -0.821. The van der Waals surface area contributed by atoms with Crippen LogP contribution in [0.25, 0.3) is 21.6 Å². The molecule has 0 saturated heterocycles. The van der Waals surface area contributed by atoms with Crippen molar-refractivity contribution < 1.29 is 13.6 Å². The van der Waals surface area contributed by atoms with E-state index in [-0.39, 0.29) is 5.01 Å². The van der Waals surface area contributed by atoms with Gasteiger partial charge >= 0.3 is 0 Å². The van der Waals surface area contributed by atoms with Gasteiger partial charge in [0.05, 0.1) is 16.8 Å². The topological polar surface area (TPSA) is 59.8 Å². The van der Waals surface area contributed by atoms with Crippen molar-refractivity contribution in [2.75, 3.05) is 5.32 Å². The minimum Gasteiger partial charge on any atom is -0.315 e. The third kappa shape index (κ3) is 3.63. The molecule has 8 heteroatoms. The molecule has 156 valence electrons. The number of fused-ring (bicyclic) bond motifs is 3. The maximum absolute atomic E-state index is 13.9. The molecule has 4 aromatic rings. The number of rotatable bonds is 3. The molecule has 1 amide bonds. The molecule has 0 spiro atoms. The van der Waals surface area contributed by atoms with Crippen LogP contribution in [0.15, 0.2) is 48.8 Å². The van der Waals surface area contributed by atoms with Crippen molar-refractivity contribution in [3.05, 3.63) is 76.7 Å². The number of thiazole rings is 1. The summed E-state index contributed by atoms with van der Waals surface area (Å²) in [6, 6.07) is 9.75. The number of hydrogen-bond donors (Lipinski definition) is 1. The Kier molecular flexibility index (Phi) is 4.86. The highest BCUT2D eigenvalue weighted by Gasteiger charge is 2.24. The van der Waals surface area contributed by atoms with Gasteiger partial charge in [0.15, 0.2) is 5.01 Å². The van der Waals surface area contributed by atoms with Crippen molar-refractivity contribution >= 4 is 22.9 Å². The first-order valence-electron chi connectivity index (χ1n) is 9.87. The summed E-state index contributed by atoms with van der Waals surface area (Å²) in [5.74, 6) is -2.26. The Hall–Kier alpha value is -3.39. The molecule has 0 fully saturated rings. The van der Waals surface area contributed by atoms with Crippen molar-refractivity contribution in [3.8, 4) is 21.6 Å². The molecule has 2 aromatic carbocycles. The molecule has 0 atom stereocenters. The standard InChI is InChI=1S/C23H18F2N4OS/c1-29-12-15(11-26-29)14-9-8-13-4-2-7-19-21(16(13)10-14)31-23(27-19)22(30)28-20-17(24)5-3-6-18(20)25/h3,5-6,8-12H,2,4,7H2,1H3,(H,28,30). The number of nitrogens with zero attached hydrogens (tertiary/aromatic N) is 3. The van der Waals surface area contributed by atoms with Crippen LogP contribution in [0.5, 0.6) is 0 Å². The molecule has 1 aliphatic carbocycles. The maximum atomic E-state index is 13.9. The van der Waals surface area contributed by atoms with Gasteiger partial charge in [0.25, 0.3) is 5.91 Å². The maximum Gasteiger partial charge on any atom is 0.284 e. The predicted molar refractivity (Wildman–Crippen MR) is 116 cm³/mol. The number of aromatic nitrogens is 3. The van der Waals surface area contributed by atoms with Gasteiger partial charge in [-0.05, 0) is 54.2 Å². The number of benzene rings is 2. The van der Waals surface area contributed by atoms with Crippen LogP contribution >= 0.6 is 11.3 Å². The number of para-hydroxylation sites is 1. The number of aryl methyl sites for hydroxylation is 3. The Bertz CT molecular complexity index is 1290. The lowest BCUT2D eigenvalue weighted by Gasteiger charge is -2.08. The number of hydrogen-bond acceptors (Lipinski definition) is 4. The fraction of sp³-hybridized carbons (Fsp3) is 0.174. The lowest BCUT2D eigenvalue weighted by molar-refractivity contribution is 0.102. The highest BCUT2D eigenvalue weighted by atomic mass is 32.1. The van der Waals surface area contributed by atoms with E-state index in [1.807, 2.05) is 19.4 Å². The molecule has 0 bridgehead atoms. The third-order valence-electron chi connectivity index (χ3n) is 5.35. The Morgan fingerprint density at radius 1 is 1.13 bits per heavy atom. The molecular weight excluding hydrogens is 418 g/mol. The lowest BCUT2D eigenvalue weighted by Crippen LogP contribution is -2.14. The van der Waals surface area contributed by atoms with E-state index in [1.54, 1.807) is 4.68 Å². The average Bonchev–Trinajstić information content (AvgIpc) is 3.34. The summed E-state index contributed by atoms with van der Waals surface area (Å²) in [6.07, 6.45) is 6.35. The zero-order chi connectivity index (χ0) is 21.5. The Morgan fingerprint density at radius 3 is 2.68 bits per heavy atom. The first-order valence-corrected chi connectivity index (χ1v) is 10.7. The van der Waals surface area contributed by atoms with Crippen LogP contribution in [0.1, 0.15) is 27.5 Å². The Balaban J connectivity index is 1.52. The summed E-state index contributed by atoms with van der Waals surface area (Å²) in [6.45, 7) is 0. The molecule has 0 unspecified atom stereocenters. The highest BCUT2D eigenvalue weighted by Crippen LogP contribution is 2.39. The summed E-state index contributed by atoms with van der Waals surface area (Å²) >= 11 is 1.25. The molecule has 2 heterocycles. The van der Waals surface area contributed by atoms with Crippen LogP contribution in [-0.2, 0) is 19.9 Å². The van der Waals surface area contributed by atoms with E-state index in [1.165, 1.54) is 23.0 Å². The predicted octanol–water partition coefficient (Wildman–Crippen LogP) is 5.23. The third-order valence-corrected chi connectivity index (χ3v) is 6.47. The normalized spacial score (nSPS) is 12.7. The zero-order valence-corrected chi connectivity index (χ0v) is 17.5. The van der Waals surface area contributed by atoms with E-state index in [4.69, 9.17) is 0 Å². The molecule has 2 aromatic heterocycles. The Morgan fingerprint density at radius 2 is 1.94 bits per heavy atom. The van der Waals surface area contributed by atoms with Crippen molar-refractivity contribution in [2.24, 2.45) is 7.05 Å². The quantitative estimate of drug-likeness (QED) is 0.478. The molecule has 31 heavy (non-hydrogen) atoms. The number of nitrogens with one attached hydrogen (secondary N) is 1. The average molecular weight is 436 g/mol. The molecule has 5 nitrogen and oxygen atoms in total. The zero-order valence-electron chi connectivity index (χ0n) is 16.7. The molecule has 0 aliphatic heterocycles. The molecular formula is C23H18F2N4OS. The molecule has 1 aliphatic rings. The number of amides is 1. The molecule has 0 radical (unpaired) electrons. The van der Waals surface area contributed by atoms with Crippen LogP contribution in [0.2, 0.25) is 0 Å². The fourth-order valence-electron chi connectivity index (χ4n) is 3.81. The second-order valence-electron chi connectivity index (χ2n) is 7.47. The highest BCUT2D eigenvalue weighted by molar-refractivity contribution is 7.17. The van der Waals surface area contributed by atoms with Crippen LogP contribution in [0.4, 0.5) is 14.5 Å². The first-order chi connectivity index (χ1) is 15.0. The van der Waals surface area contributed by atoms with Crippen molar-refractivity contribution in [1.29, 1.82) is 0 Å². The number of anilines is 1. The van der Waals surface area contributed by atoms with Crippen LogP contribution in [0.3, 0.4) is 0 Å². The van der Waals surface area contributed by atoms with E-state index < -0.39 is 23.2 Å². The van der Waals surface area contributed by atoms with E-state index in [0.717, 1.165) is 58.7 Å². The van der Waals surface area contributed by atoms with Gasteiger partial charge in [-0.25, -0.2) is 13.8 Å². The largest absolute Gasteiger partial charge is 0.315 e. The van der Waals surface area contributed by atoms with Gasteiger partial charge in [-0.2, -0.15) is 5.10 Å². The second kappa shape index (κ2) is 7.70. The van der Waals surface area contributed by atoms with E-state index in [0.29, 0.717) is 0 Å². The van der Waals surface area contributed by atoms with Gasteiger partial charge in [0.2, 0.25) is 0 Å². The van der Waals surface area contributed by atoms with Crippen molar-refractivity contribution in [1.82, 2.24) is 14.8 Å². The SMILES string of the molecule is Cn1cc(-c2ccc3c(c2)-c2sc(C(=O)Nc4c(F)cccc4F)nc2CCC3)cn1. The van der Waals surface area contributed by atoms with Crippen LogP contribution < -0.4 is 5.32 Å². The molecule has 1 N–H and O–H groups in total. The van der Waals surface area contributed by atoms with Crippen molar-refractivity contribution in [3.63, 3.8) is 0 Å². The smallest absolute Gasteiger partial charge is 0.284 e. The molecule has 5 rings (SSSR count). The summed E-state index contributed by atoms with van der Waals surface area (Å²) in [4.78, 5) is 18.2. The summed E-state index contributed by atoms with van der Waals surface area (Å²) in [5, 5.41) is 6.76.